The number of aromatic nitrogens is 2. The molecule has 3 rings (SSSR count). The largest absolute Gasteiger partial charge is 0.322 e. The van der Waals surface area contributed by atoms with Gasteiger partial charge in [0.25, 0.3) is 0 Å². The summed E-state index contributed by atoms with van der Waals surface area (Å²) in [5.74, 6) is 0. The lowest BCUT2D eigenvalue weighted by Crippen LogP contribution is -2.15. The molecule has 0 saturated carbocycles. The first-order chi connectivity index (χ1) is 10.1. The van der Waals surface area contributed by atoms with E-state index in [1.54, 1.807) is 6.20 Å². The van der Waals surface area contributed by atoms with E-state index < -0.39 is 0 Å². The van der Waals surface area contributed by atoms with Gasteiger partial charge in [0.2, 0.25) is 0 Å². The summed E-state index contributed by atoms with van der Waals surface area (Å²) >= 11 is 0. The fourth-order valence-electron chi connectivity index (χ4n) is 2.70. The first-order valence-electron chi connectivity index (χ1n) is 7.16. The zero-order chi connectivity index (χ0) is 14.8. The highest BCUT2D eigenvalue weighted by Crippen LogP contribution is 2.18. The van der Waals surface area contributed by atoms with Crippen LogP contribution in [-0.4, -0.2) is 9.97 Å². The second-order valence-electron chi connectivity index (χ2n) is 5.59. The van der Waals surface area contributed by atoms with E-state index in [1.807, 2.05) is 24.3 Å². The summed E-state index contributed by atoms with van der Waals surface area (Å²) < 4.78 is 0. The Hall–Kier alpha value is -2.26. The van der Waals surface area contributed by atoms with Gasteiger partial charge in [-0.1, -0.05) is 41.5 Å². The summed E-state index contributed by atoms with van der Waals surface area (Å²) in [5.41, 5.74) is 12.7. The van der Waals surface area contributed by atoms with Crippen molar-refractivity contribution >= 4 is 11.0 Å². The van der Waals surface area contributed by atoms with Gasteiger partial charge in [-0.15, -0.1) is 0 Å². The molecule has 0 aliphatic heterocycles. The number of nitrogens with zero attached hydrogens (tertiary/aromatic N) is 2. The van der Waals surface area contributed by atoms with Crippen LogP contribution in [0.15, 0.2) is 48.7 Å². The number of para-hydroxylation sites is 2. The first-order valence-corrected chi connectivity index (χ1v) is 7.16. The summed E-state index contributed by atoms with van der Waals surface area (Å²) in [5, 5.41) is 0. The molecule has 1 heterocycles. The van der Waals surface area contributed by atoms with Crippen molar-refractivity contribution in [3.8, 4) is 0 Å². The third-order valence-corrected chi connectivity index (χ3v) is 3.58. The molecule has 0 fully saturated rings. The van der Waals surface area contributed by atoms with Crippen LogP contribution in [0.3, 0.4) is 0 Å². The average molecular weight is 277 g/mol. The zero-order valence-electron chi connectivity index (χ0n) is 12.4. The van der Waals surface area contributed by atoms with E-state index in [9.17, 15) is 0 Å². The first kappa shape index (κ1) is 13.7. The molecule has 0 aliphatic carbocycles. The predicted octanol–water partition coefficient (Wildman–Crippen LogP) is 3.49. The Labute approximate surface area is 124 Å². The second-order valence-corrected chi connectivity index (χ2v) is 5.59. The van der Waals surface area contributed by atoms with Crippen molar-refractivity contribution in [3.05, 3.63) is 71.0 Å². The van der Waals surface area contributed by atoms with Gasteiger partial charge in [-0.05, 0) is 38.0 Å². The normalized spacial score (nSPS) is 12.5. The second kappa shape index (κ2) is 5.62. The minimum Gasteiger partial charge on any atom is -0.322 e. The lowest BCUT2D eigenvalue weighted by Gasteiger charge is -2.12. The van der Waals surface area contributed by atoms with E-state index in [2.05, 4.69) is 42.0 Å². The van der Waals surface area contributed by atoms with Crippen LogP contribution in [0.25, 0.3) is 11.0 Å². The van der Waals surface area contributed by atoms with Crippen LogP contribution in [0.2, 0.25) is 0 Å². The molecule has 1 aromatic heterocycles. The number of rotatable bonds is 3. The minimum atomic E-state index is -0.136. The Morgan fingerprint density at radius 1 is 1.00 bits per heavy atom. The lowest BCUT2D eigenvalue weighted by molar-refractivity contribution is 0.695. The van der Waals surface area contributed by atoms with E-state index >= 15 is 0 Å². The molecule has 0 saturated heterocycles. The average Bonchev–Trinajstić information content (AvgIpc) is 2.45. The standard InChI is InChI=1S/C18H19N3/c1-12-7-13(2)9-14(8-12)10-15(19)18-11-20-16-5-3-4-6-17(16)21-18/h3-9,11,15H,10,19H2,1-2H3. The van der Waals surface area contributed by atoms with Crippen molar-refractivity contribution in [2.45, 2.75) is 26.3 Å². The highest BCUT2D eigenvalue weighted by atomic mass is 14.8. The van der Waals surface area contributed by atoms with Gasteiger partial charge >= 0.3 is 0 Å². The molecule has 2 N–H and O–H groups in total. The summed E-state index contributed by atoms with van der Waals surface area (Å²) in [6.07, 6.45) is 2.56. The Morgan fingerprint density at radius 3 is 2.38 bits per heavy atom. The monoisotopic (exact) mass is 277 g/mol. The van der Waals surface area contributed by atoms with Crippen LogP contribution in [0.1, 0.15) is 28.4 Å². The predicted molar refractivity (Wildman–Crippen MR) is 86.1 cm³/mol. The smallest absolute Gasteiger partial charge is 0.0890 e. The van der Waals surface area contributed by atoms with Crippen molar-refractivity contribution < 1.29 is 0 Å². The third-order valence-electron chi connectivity index (χ3n) is 3.58. The van der Waals surface area contributed by atoms with Gasteiger partial charge in [0, 0.05) is 0 Å². The van der Waals surface area contributed by atoms with Crippen molar-refractivity contribution in [2.24, 2.45) is 5.73 Å². The van der Waals surface area contributed by atoms with E-state index in [0.717, 1.165) is 23.1 Å². The quantitative estimate of drug-likeness (QED) is 0.797. The molecule has 0 radical (unpaired) electrons. The molecule has 0 aliphatic rings. The van der Waals surface area contributed by atoms with Crippen LogP contribution in [-0.2, 0) is 6.42 Å². The molecule has 3 nitrogen and oxygen atoms in total. The van der Waals surface area contributed by atoms with Crippen molar-refractivity contribution in [2.75, 3.05) is 0 Å². The number of hydrogen-bond donors (Lipinski definition) is 1. The van der Waals surface area contributed by atoms with E-state index in [4.69, 9.17) is 5.73 Å². The third kappa shape index (κ3) is 3.09. The maximum atomic E-state index is 6.32. The Kier molecular flexibility index (Phi) is 3.67. The molecule has 0 spiro atoms. The van der Waals surface area contributed by atoms with Gasteiger partial charge in [0.15, 0.2) is 0 Å². The fourth-order valence-corrected chi connectivity index (χ4v) is 2.70. The topological polar surface area (TPSA) is 51.8 Å². The Bertz CT molecular complexity index is 760. The molecule has 0 amide bonds. The Morgan fingerprint density at radius 2 is 1.67 bits per heavy atom. The number of benzene rings is 2. The number of fused-ring (bicyclic) bond motifs is 1. The molecule has 1 atom stereocenters. The molecule has 1 unspecified atom stereocenters. The van der Waals surface area contributed by atoms with Crippen LogP contribution in [0, 0.1) is 13.8 Å². The van der Waals surface area contributed by atoms with Gasteiger partial charge < -0.3 is 5.73 Å². The highest BCUT2D eigenvalue weighted by molar-refractivity contribution is 5.73. The molecule has 21 heavy (non-hydrogen) atoms. The van der Waals surface area contributed by atoms with Crippen LogP contribution < -0.4 is 5.73 Å². The van der Waals surface area contributed by atoms with Gasteiger partial charge in [0.1, 0.15) is 0 Å². The van der Waals surface area contributed by atoms with Crippen LogP contribution in [0.5, 0.6) is 0 Å². The van der Waals surface area contributed by atoms with Gasteiger partial charge in [-0.3, -0.25) is 4.98 Å². The summed E-state index contributed by atoms with van der Waals surface area (Å²) in [4.78, 5) is 9.07. The molecule has 2 aromatic carbocycles. The molecule has 3 heteroatoms. The molecule has 0 bridgehead atoms. The molecular formula is C18H19N3. The summed E-state index contributed by atoms with van der Waals surface area (Å²) in [6.45, 7) is 4.22. The summed E-state index contributed by atoms with van der Waals surface area (Å²) in [7, 11) is 0. The number of hydrogen-bond acceptors (Lipinski definition) is 3. The SMILES string of the molecule is Cc1cc(C)cc(CC(N)c2cnc3ccccc3n2)c1. The van der Waals surface area contributed by atoms with Crippen LogP contribution in [0.4, 0.5) is 0 Å². The van der Waals surface area contributed by atoms with Gasteiger partial charge in [0.05, 0.1) is 29.0 Å². The van der Waals surface area contributed by atoms with Crippen LogP contribution >= 0.6 is 0 Å². The molecule has 3 aromatic rings. The van der Waals surface area contributed by atoms with E-state index in [0.29, 0.717) is 0 Å². The van der Waals surface area contributed by atoms with Crippen molar-refractivity contribution in [3.63, 3.8) is 0 Å². The van der Waals surface area contributed by atoms with Crippen molar-refractivity contribution in [1.82, 2.24) is 9.97 Å². The van der Waals surface area contributed by atoms with Crippen molar-refractivity contribution in [1.29, 1.82) is 0 Å². The lowest BCUT2D eigenvalue weighted by atomic mass is 10.00. The fraction of sp³-hybridized carbons (Fsp3) is 0.222. The summed E-state index contributed by atoms with van der Waals surface area (Å²) in [6, 6.07) is 14.3. The molecule has 106 valence electrons. The molecular weight excluding hydrogens is 258 g/mol. The Balaban J connectivity index is 1.87. The van der Waals surface area contributed by atoms with E-state index in [-0.39, 0.29) is 6.04 Å². The van der Waals surface area contributed by atoms with Gasteiger partial charge in [-0.2, -0.15) is 0 Å². The van der Waals surface area contributed by atoms with Gasteiger partial charge in [-0.25, -0.2) is 4.98 Å². The maximum absolute atomic E-state index is 6.32. The van der Waals surface area contributed by atoms with E-state index in [1.165, 1.54) is 16.7 Å². The number of aryl methyl sites for hydroxylation is 2. The minimum absolute atomic E-state index is 0.136. The number of nitrogens with two attached hydrogens (primary N) is 1. The maximum Gasteiger partial charge on any atom is 0.0890 e. The highest BCUT2D eigenvalue weighted by Gasteiger charge is 2.10. The zero-order valence-corrected chi connectivity index (χ0v) is 12.4.